The van der Waals surface area contributed by atoms with Crippen molar-refractivity contribution < 1.29 is 4.79 Å². The molecule has 74 valence electrons. The average molecular weight is 207 g/mol. The molecule has 3 heteroatoms. The monoisotopic (exact) mass is 207 g/mol. The Bertz CT molecular complexity index is 388. The normalized spacial score (nSPS) is 23.5. The van der Waals surface area contributed by atoms with E-state index < -0.39 is 0 Å². The molecular weight excluding hydrogens is 194 g/mol. The van der Waals surface area contributed by atoms with Crippen LogP contribution < -0.4 is 0 Å². The standard InChI is InChI=1S/C11H13NOS/c1-7(13)11(4-5-11)9-6-14-10(12-9)8-2-3-8/h6,8H,2-5H2,1H3. The number of thiazole rings is 1. The summed E-state index contributed by atoms with van der Waals surface area (Å²) in [6.07, 6.45) is 4.60. The van der Waals surface area contributed by atoms with E-state index >= 15 is 0 Å². The smallest absolute Gasteiger partial charge is 0.141 e. The predicted octanol–water partition coefficient (Wildman–Crippen LogP) is 2.64. The van der Waals surface area contributed by atoms with Crippen LogP contribution in [-0.4, -0.2) is 10.8 Å². The maximum Gasteiger partial charge on any atom is 0.141 e. The molecular formula is C11H13NOS. The van der Waals surface area contributed by atoms with Crippen LogP contribution in [0.4, 0.5) is 0 Å². The largest absolute Gasteiger partial charge is 0.299 e. The predicted molar refractivity (Wildman–Crippen MR) is 55.7 cm³/mol. The number of hydrogen-bond acceptors (Lipinski definition) is 3. The Balaban J connectivity index is 1.92. The maximum atomic E-state index is 11.5. The Labute approximate surface area is 87.4 Å². The van der Waals surface area contributed by atoms with Crippen LogP contribution in [-0.2, 0) is 10.2 Å². The molecule has 2 saturated carbocycles. The van der Waals surface area contributed by atoms with Crippen molar-refractivity contribution in [2.24, 2.45) is 0 Å². The van der Waals surface area contributed by atoms with Crippen LogP contribution >= 0.6 is 11.3 Å². The van der Waals surface area contributed by atoms with Gasteiger partial charge in [-0.1, -0.05) is 0 Å². The Morgan fingerprint density at radius 1 is 1.57 bits per heavy atom. The Morgan fingerprint density at radius 2 is 2.29 bits per heavy atom. The van der Waals surface area contributed by atoms with E-state index in [1.54, 1.807) is 18.3 Å². The molecule has 3 rings (SSSR count). The highest BCUT2D eigenvalue weighted by Gasteiger charge is 2.50. The van der Waals surface area contributed by atoms with Gasteiger partial charge in [0.25, 0.3) is 0 Å². The fourth-order valence-corrected chi connectivity index (χ4v) is 3.03. The molecule has 1 aromatic rings. The zero-order valence-corrected chi connectivity index (χ0v) is 9.06. The van der Waals surface area contributed by atoms with E-state index in [-0.39, 0.29) is 5.41 Å². The summed E-state index contributed by atoms with van der Waals surface area (Å²) in [4.78, 5) is 16.1. The zero-order valence-electron chi connectivity index (χ0n) is 8.25. The molecule has 0 bridgehead atoms. The number of aromatic nitrogens is 1. The van der Waals surface area contributed by atoms with Gasteiger partial charge in [0.15, 0.2) is 0 Å². The Kier molecular flexibility index (Phi) is 1.63. The van der Waals surface area contributed by atoms with E-state index in [0.29, 0.717) is 5.78 Å². The van der Waals surface area contributed by atoms with Crippen LogP contribution in [0, 0.1) is 0 Å². The summed E-state index contributed by atoms with van der Waals surface area (Å²) in [6, 6.07) is 0. The number of nitrogens with zero attached hydrogens (tertiary/aromatic N) is 1. The molecule has 0 atom stereocenters. The van der Waals surface area contributed by atoms with E-state index in [0.717, 1.165) is 24.5 Å². The molecule has 0 unspecified atom stereocenters. The van der Waals surface area contributed by atoms with Crippen LogP contribution in [0.5, 0.6) is 0 Å². The molecule has 14 heavy (non-hydrogen) atoms. The van der Waals surface area contributed by atoms with E-state index in [9.17, 15) is 4.79 Å². The number of hydrogen-bond donors (Lipinski definition) is 0. The van der Waals surface area contributed by atoms with Crippen molar-refractivity contribution in [3.8, 4) is 0 Å². The van der Waals surface area contributed by atoms with Gasteiger partial charge in [-0.05, 0) is 32.6 Å². The van der Waals surface area contributed by atoms with Gasteiger partial charge in [-0.3, -0.25) is 4.79 Å². The van der Waals surface area contributed by atoms with E-state index in [1.807, 2.05) is 0 Å². The summed E-state index contributed by atoms with van der Waals surface area (Å²) in [7, 11) is 0. The van der Waals surface area contributed by atoms with Crippen molar-refractivity contribution in [3.63, 3.8) is 0 Å². The van der Waals surface area contributed by atoms with Crippen molar-refractivity contribution in [1.29, 1.82) is 0 Å². The molecule has 0 amide bonds. The van der Waals surface area contributed by atoms with E-state index in [4.69, 9.17) is 0 Å². The second kappa shape index (κ2) is 2.66. The highest BCUT2D eigenvalue weighted by Crippen LogP contribution is 2.50. The molecule has 0 radical (unpaired) electrons. The molecule has 0 aromatic carbocycles. The topological polar surface area (TPSA) is 30.0 Å². The van der Waals surface area contributed by atoms with Crippen LogP contribution in [0.2, 0.25) is 0 Å². The van der Waals surface area contributed by atoms with Crippen molar-refractivity contribution in [2.45, 2.75) is 43.9 Å². The summed E-state index contributed by atoms with van der Waals surface area (Å²) in [5, 5.41) is 3.36. The van der Waals surface area contributed by atoms with Gasteiger partial charge in [-0.15, -0.1) is 11.3 Å². The van der Waals surface area contributed by atoms with Crippen LogP contribution in [0.1, 0.15) is 49.2 Å². The molecule has 2 fully saturated rings. The van der Waals surface area contributed by atoms with Crippen molar-refractivity contribution in [1.82, 2.24) is 4.98 Å². The second-order valence-electron chi connectivity index (χ2n) is 4.48. The first kappa shape index (κ1) is 8.60. The van der Waals surface area contributed by atoms with Crippen molar-refractivity contribution >= 4 is 17.1 Å². The van der Waals surface area contributed by atoms with E-state index in [2.05, 4.69) is 10.4 Å². The zero-order chi connectivity index (χ0) is 9.76. The van der Waals surface area contributed by atoms with Crippen LogP contribution in [0.25, 0.3) is 0 Å². The lowest BCUT2D eigenvalue weighted by Gasteiger charge is -2.06. The van der Waals surface area contributed by atoms with Gasteiger partial charge in [-0.2, -0.15) is 0 Å². The summed E-state index contributed by atoms with van der Waals surface area (Å²) in [6.45, 7) is 1.70. The third kappa shape index (κ3) is 1.15. The van der Waals surface area contributed by atoms with Gasteiger partial charge in [0.1, 0.15) is 5.78 Å². The van der Waals surface area contributed by atoms with Gasteiger partial charge < -0.3 is 0 Å². The minimum atomic E-state index is -0.163. The van der Waals surface area contributed by atoms with E-state index in [1.165, 1.54) is 17.8 Å². The fourth-order valence-electron chi connectivity index (χ4n) is 1.94. The summed E-state index contributed by atoms with van der Waals surface area (Å²) in [5.41, 5.74) is 0.890. The number of carbonyl (C=O) groups is 1. The minimum absolute atomic E-state index is 0.163. The lowest BCUT2D eigenvalue weighted by Crippen LogP contribution is -2.17. The van der Waals surface area contributed by atoms with Gasteiger partial charge in [-0.25, -0.2) is 4.98 Å². The van der Waals surface area contributed by atoms with Gasteiger partial charge in [0.05, 0.1) is 16.1 Å². The molecule has 2 aliphatic rings. The van der Waals surface area contributed by atoms with Crippen LogP contribution in [0.15, 0.2) is 5.38 Å². The Morgan fingerprint density at radius 3 is 2.79 bits per heavy atom. The molecule has 0 aliphatic heterocycles. The number of Topliss-reactive ketones (excluding diaryl/α,β-unsaturated/α-hetero) is 1. The lowest BCUT2D eigenvalue weighted by atomic mass is 9.99. The number of rotatable bonds is 3. The first-order chi connectivity index (χ1) is 6.72. The van der Waals surface area contributed by atoms with Gasteiger partial charge >= 0.3 is 0 Å². The molecule has 0 N–H and O–H groups in total. The van der Waals surface area contributed by atoms with Gasteiger partial charge in [0.2, 0.25) is 0 Å². The van der Waals surface area contributed by atoms with Crippen molar-refractivity contribution in [3.05, 3.63) is 16.1 Å². The third-order valence-corrected chi connectivity index (χ3v) is 4.37. The molecule has 1 aromatic heterocycles. The maximum absolute atomic E-state index is 11.5. The van der Waals surface area contributed by atoms with Crippen molar-refractivity contribution in [2.75, 3.05) is 0 Å². The fraction of sp³-hybridized carbons (Fsp3) is 0.636. The summed E-state index contributed by atoms with van der Waals surface area (Å²) in [5.74, 6) is 1.02. The summed E-state index contributed by atoms with van der Waals surface area (Å²) < 4.78 is 0. The molecule has 2 nitrogen and oxygen atoms in total. The minimum Gasteiger partial charge on any atom is -0.299 e. The molecule has 0 saturated heterocycles. The average Bonchev–Trinajstić information content (AvgIpc) is 3.06. The number of ketones is 1. The third-order valence-electron chi connectivity index (χ3n) is 3.36. The first-order valence-corrected chi connectivity index (χ1v) is 6.07. The molecule has 0 spiro atoms. The summed E-state index contributed by atoms with van der Waals surface area (Å²) >= 11 is 1.74. The lowest BCUT2D eigenvalue weighted by molar-refractivity contribution is -0.119. The quantitative estimate of drug-likeness (QED) is 0.762. The Hall–Kier alpha value is -0.700. The van der Waals surface area contributed by atoms with Crippen LogP contribution in [0.3, 0.4) is 0 Å². The highest BCUT2D eigenvalue weighted by molar-refractivity contribution is 7.09. The van der Waals surface area contributed by atoms with Gasteiger partial charge in [0, 0.05) is 11.3 Å². The molecule has 2 aliphatic carbocycles. The molecule has 1 heterocycles. The SMILES string of the molecule is CC(=O)C1(c2csc(C3CC3)n2)CC1. The highest BCUT2D eigenvalue weighted by atomic mass is 32.1. The first-order valence-electron chi connectivity index (χ1n) is 5.19. The second-order valence-corrected chi connectivity index (χ2v) is 5.37. The number of carbonyl (C=O) groups excluding carboxylic acids is 1.